The van der Waals surface area contributed by atoms with Gasteiger partial charge in [0.05, 0.1) is 6.54 Å². The molecule has 1 aromatic carbocycles. The Morgan fingerprint density at radius 1 is 1.08 bits per heavy atom. The molecule has 6 nitrogen and oxygen atoms in total. The van der Waals surface area contributed by atoms with Crippen LogP contribution in [-0.2, 0) is 11.3 Å². The van der Waals surface area contributed by atoms with Gasteiger partial charge in [0, 0.05) is 11.5 Å². The third-order valence-electron chi connectivity index (χ3n) is 5.48. The molecule has 2 aromatic rings. The van der Waals surface area contributed by atoms with E-state index in [0.29, 0.717) is 24.0 Å². The molecule has 1 aromatic heterocycles. The average molecular weight is 340 g/mol. The van der Waals surface area contributed by atoms with Crippen molar-refractivity contribution in [3.8, 4) is 0 Å². The summed E-state index contributed by atoms with van der Waals surface area (Å²) in [6, 6.07) is 4.75. The van der Waals surface area contributed by atoms with Gasteiger partial charge in [-0.25, -0.2) is 9.59 Å². The van der Waals surface area contributed by atoms with Gasteiger partial charge < -0.3 is 9.73 Å². The van der Waals surface area contributed by atoms with Crippen molar-refractivity contribution in [3.63, 3.8) is 0 Å². The van der Waals surface area contributed by atoms with Crippen molar-refractivity contribution in [1.82, 2.24) is 10.2 Å². The zero-order valence-corrected chi connectivity index (χ0v) is 14.3. The normalized spacial score (nSPS) is 19.2. The van der Waals surface area contributed by atoms with Gasteiger partial charge in [-0.05, 0) is 55.5 Å². The third kappa shape index (κ3) is 2.44. The summed E-state index contributed by atoms with van der Waals surface area (Å²) in [5, 5.41) is 3.63. The van der Waals surface area contributed by atoms with Crippen LogP contribution in [0.5, 0.6) is 0 Å². The Morgan fingerprint density at radius 2 is 1.76 bits per heavy atom. The molecule has 0 atom stereocenters. The summed E-state index contributed by atoms with van der Waals surface area (Å²) in [6.07, 6.45) is 3.25. The van der Waals surface area contributed by atoms with Crippen LogP contribution in [0.3, 0.4) is 0 Å². The molecule has 1 saturated heterocycles. The average Bonchev–Trinajstić information content (AvgIpc) is 3.10. The maximum Gasteiger partial charge on any atom is 0.336 e. The summed E-state index contributed by atoms with van der Waals surface area (Å²) in [5.41, 5.74) is 1.98. The van der Waals surface area contributed by atoms with E-state index in [4.69, 9.17) is 4.42 Å². The summed E-state index contributed by atoms with van der Waals surface area (Å²) < 4.78 is 5.29. The second-order valence-corrected chi connectivity index (χ2v) is 7.13. The number of hydrogen-bond acceptors (Lipinski definition) is 4. The van der Waals surface area contributed by atoms with Crippen molar-refractivity contribution in [2.24, 2.45) is 0 Å². The number of carbonyl (C=O) groups excluding carboxylic acids is 2. The number of urea groups is 1. The molecule has 1 aliphatic heterocycles. The third-order valence-corrected chi connectivity index (χ3v) is 5.48. The van der Waals surface area contributed by atoms with Gasteiger partial charge in [-0.2, -0.15) is 0 Å². The smallest absolute Gasteiger partial charge is 0.336 e. The fourth-order valence-corrected chi connectivity index (χ4v) is 3.92. The number of nitrogens with zero attached hydrogens (tertiary/aromatic N) is 1. The summed E-state index contributed by atoms with van der Waals surface area (Å²) in [7, 11) is 0. The highest BCUT2D eigenvalue weighted by Crippen LogP contribution is 2.36. The molecule has 2 heterocycles. The number of amides is 3. The summed E-state index contributed by atoms with van der Waals surface area (Å²) in [4.78, 5) is 38.4. The number of imide groups is 1. The first-order valence-corrected chi connectivity index (χ1v) is 8.58. The first-order chi connectivity index (χ1) is 11.9. The molecule has 1 spiro atoms. The molecule has 1 saturated carbocycles. The Balaban J connectivity index is 1.76. The van der Waals surface area contributed by atoms with Crippen LogP contribution < -0.4 is 10.9 Å². The van der Waals surface area contributed by atoms with Crippen LogP contribution in [0.25, 0.3) is 11.0 Å². The molecular formula is C19H20N2O4. The lowest BCUT2D eigenvalue weighted by Crippen LogP contribution is -2.44. The summed E-state index contributed by atoms with van der Waals surface area (Å²) in [5.74, 6) is -0.180. The molecule has 3 amide bonds. The van der Waals surface area contributed by atoms with Gasteiger partial charge >= 0.3 is 11.7 Å². The molecule has 0 radical (unpaired) electrons. The number of hydrogen-bond donors (Lipinski definition) is 1. The van der Waals surface area contributed by atoms with E-state index >= 15 is 0 Å². The number of rotatable bonds is 2. The molecule has 4 rings (SSSR count). The highest BCUT2D eigenvalue weighted by Gasteiger charge is 2.52. The van der Waals surface area contributed by atoms with Gasteiger partial charge in [0.2, 0.25) is 0 Å². The predicted molar refractivity (Wildman–Crippen MR) is 92.2 cm³/mol. The van der Waals surface area contributed by atoms with Crippen molar-refractivity contribution in [3.05, 3.63) is 45.3 Å². The minimum atomic E-state index is -0.737. The Hall–Kier alpha value is -2.63. The van der Waals surface area contributed by atoms with E-state index in [1.54, 1.807) is 0 Å². The minimum absolute atomic E-state index is 0.0804. The molecule has 25 heavy (non-hydrogen) atoms. The van der Waals surface area contributed by atoms with E-state index in [9.17, 15) is 14.4 Å². The Kier molecular flexibility index (Phi) is 3.45. The zero-order valence-electron chi connectivity index (χ0n) is 14.3. The molecule has 2 aliphatic rings. The Morgan fingerprint density at radius 3 is 2.48 bits per heavy atom. The lowest BCUT2D eigenvalue weighted by Gasteiger charge is -2.20. The van der Waals surface area contributed by atoms with E-state index in [-0.39, 0.29) is 18.5 Å². The van der Waals surface area contributed by atoms with Gasteiger partial charge in [-0.1, -0.05) is 12.8 Å². The van der Waals surface area contributed by atoms with E-state index in [0.717, 1.165) is 29.4 Å². The standard InChI is InChI=1S/C19H20N2O4/c1-11-7-14-13(9-16(22)25-15(14)8-12(11)2)10-21-17(23)19(20-18(21)24)5-3-4-6-19/h7-9H,3-6,10H2,1-2H3,(H,20,24). The van der Waals surface area contributed by atoms with Crippen molar-refractivity contribution < 1.29 is 14.0 Å². The van der Waals surface area contributed by atoms with Crippen molar-refractivity contribution >= 4 is 22.9 Å². The molecule has 130 valence electrons. The number of carbonyl (C=O) groups is 2. The lowest BCUT2D eigenvalue weighted by atomic mass is 9.97. The van der Waals surface area contributed by atoms with Crippen LogP contribution in [-0.4, -0.2) is 22.4 Å². The summed E-state index contributed by atoms with van der Waals surface area (Å²) in [6.45, 7) is 4.00. The van der Waals surface area contributed by atoms with Crippen LogP contribution in [0.2, 0.25) is 0 Å². The zero-order chi connectivity index (χ0) is 17.8. The van der Waals surface area contributed by atoms with Crippen LogP contribution >= 0.6 is 0 Å². The molecule has 1 N–H and O–H groups in total. The largest absolute Gasteiger partial charge is 0.423 e. The first kappa shape index (κ1) is 15.9. The maximum absolute atomic E-state index is 12.8. The van der Waals surface area contributed by atoms with E-state index in [1.165, 1.54) is 11.0 Å². The van der Waals surface area contributed by atoms with Gasteiger partial charge in [-0.3, -0.25) is 9.69 Å². The fraction of sp³-hybridized carbons (Fsp3) is 0.421. The van der Waals surface area contributed by atoms with E-state index < -0.39 is 11.2 Å². The van der Waals surface area contributed by atoms with Gasteiger partial charge in [0.15, 0.2) is 0 Å². The molecule has 2 fully saturated rings. The SMILES string of the molecule is Cc1cc2oc(=O)cc(CN3C(=O)NC4(CCCC4)C3=O)c2cc1C. The monoisotopic (exact) mass is 340 g/mol. The van der Waals surface area contributed by atoms with Crippen molar-refractivity contribution in [2.75, 3.05) is 0 Å². The highest BCUT2D eigenvalue weighted by atomic mass is 16.4. The molecule has 1 aliphatic carbocycles. The maximum atomic E-state index is 12.8. The number of nitrogens with one attached hydrogen (secondary N) is 1. The van der Waals surface area contributed by atoms with Crippen molar-refractivity contribution in [1.29, 1.82) is 0 Å². The van der Waals surface area contributed by atoms with E-state index in [1.807, 2.05) is 26.0 Å². The Bertz CT molecular complexity index is 954. The van der Waals surface area contributed by atoms with E-state index in [2.05, 4.69) is 5.32 Å². The van der Waals surface area contributed by atoms with Crippen LogP contribution in [0.4, 0.5) is 4.79 Å². The predicted octanol–water partition coefficient (Wildman–Crippen LogP) is 2.77. The highest BCUT2D eigenvalue weighted by molar-refractivity contribution is 6.07. The molecular weight excluding hydrogens is 320 g/mol. The minimum Gasteiger partial charge on any atom is -0.423 e. The second kappa shape index (κ2) is 5.44. The molecule has 6 heteroatoms. The Labute approximate surface area is 144 Å². The number of aryl methyl sites for hydroxylation is 2. The van der Waals surface area contributed by atoms with Crippen molar-refractivity contribution in [2.45, 2.75) is 51.6 Å². The van der Waals surface area contributed by atoms with Gasteiger partial charge in [0.25, 0.3) is 5.91 Å². The van der Waals surface area contributed by atoms with Gasteiger partial charge in [-0.15, -0.1) is 0 Å². The summed E-state index contributed by atoms with van der Waals surface area (Å²) >= 11 is 0. The van der Waals surface area contributed by atoms with Crippen LogP contribution in [0, 0.1) is 13.8 Å². The topological polar surface area (TPSA) is 79.6 Å². The molecule has 0 unspecified atom stereocenters. The first-order valence-electron chi connectivity index (χ1n) is 8.58. The number of fused-ring (bicyclic) bond motifs is 1. The quantitative estimate of drug-likeness (QED) is 0.673. The number of benzene rings is 1. The molecule has 0 bridgehead atoms. The van der Waals surface area contributed by atoms with Crippen LogP contribution in [0.1, 0.15) is 42.4 Å². The fourth-order valence-electron chi connectivity index (χ4n) is 3.92. The van der Waals surface area contributed by atoms with Gasteiger partial charge in [0.1, 0.15) is 11.1 Å². The van der Waals surface area contributed by atoms with Crippen LogP contribution in [0.15, 0.2) is 27.4 Å². The lowest BCUT2D eigenvalue weighted by molar-refractivity contribution is -0.131. The second-order valence-electron chi connectivity index (χ2n) is 7.13.